The predicted molar refractivity (Wildman–Crippen MR) is 105 cm³/mol. The van der Waals surface area contributed by atoms with Crippen LogP contribution < -0.4 is 10.2 Å². The number of aromatic nitrogens is 2. The minimum Gasteiger partial charge on any atom is -0.469 e. The molecule has 0 atom stereocenters. The van der Waals surface area contributed by atoms with Crippen molar-refractivity contribution in [3.05, 3.63) is 53.7 Å². The van der Waals surface area contributed by atoms with Crippen molar-refractivity contribution in [1.82, 2.24) is 15.3 Å². The van der Waals surface area contributed by atoms with E-state index in [1.54, 1.807) is 6.26 Å². The summed E-state index contributed by atoms with van der Waals surface area (Å²) >= 11 is 0. The summed E-state index contributed by atoms with van der Waals surface area (Å²) in [5.74, 6) is 2.44. The Kier molecular flexibility index (Phi) is 5.05. The van der Waals surface area contributed by atoms with E-state index >= 15 is 0 Å². The molecule has 1 aliphatic rings. The molecule has 3 aromatic rings. The normalized spacial score (nSPS) is 14.0. The van der Waals surface area contributed by atoms with Crippen molar-refractivity contribution in [2.75, 3.05) is 18.0 Å². The minimum absolute atomic E-state index is 0.0254. The van der Waals surface area contributed by atoms with Gasteiger partial charge in [0.15, 0.2) is 5.82 Å². The molecular formula is C21H24N4O2. The SMILES string of the molecule is Cc1cccc2c(N3CCCC3)nc(CNC(=O)CCc3ccco3)nc12. The third-order valence-electron chi connectivity index (χ3n) is 4.98. The van der Waals surface area contributed by atoms with E-state index in [2.05, 4.69) is 35.3 Å². The molecular weight excluding hydrogens is 340 g/mol. The molecule has 6 nitrogen and oxygen atoms in total. The second kappa shape index (κ2) is 7.78. The molecule has 0 unspecified atom stereocenters. The average molecular weight is 364 g/mol. The molecule has 1 aliphatic heterocycles. The molecule has 1 aromatic carbocycles. The third kappa shape index (κ3) is 3.94. The third-order valence-corrected chi connectivity index (χ3v) is 4.98. The highest BCUT2D eigenvalue weighted by atomic mass is 16.3. The molecule has 0 radical (unpaired) electrons. The lowest BCUT2D eigenvalue weighted by molar-refractivity contribution is -0.121. The van der Waals surface area contributed by atoms with Crippen LogP contribution in [0.25, 0.3) is 10.9 Å². The number of hydrogen-bond acceptors (Lipinski definition) is 5. The smallest absolute Gasteiger partial charge is 0.220 e. The van der Waals surface area contributed by atoms with Gasteiger partial charge in [0.1, 0.15) is 11.6 Å². The van der Waals surface area contributed by atoms with Gasteiger partial charge in [0.2, 0.25) is 5.91 Å². The van der Waals surface area contributed by atoms with Crippen LogP contribution in [0, 0.1) is 6.92 Å². The lowest BCUT2D eigenvalue weighted by Gasteiger charge is -2.20. The number of nitrogens with zero attached hydrogens (tertiary/aromatic N) is 3. The number of carbonyl (C=O) groups is 1. The Labute approximate surface area is 158 Å². The summed E-state index contributed by atoms with van der Waals surface area (Å²) in [6.07, 6.45) is 4.99. The Balaban J connectivity index is 1.51. The van der Waals surface area contributed by atoms with Gasteiger partial charge in [0.05, 0.1) is 18.3 Å². The van der Waals surface area contributed by atoms with Gasteiger partial charge in [-0.25, -0.2) is 9.97 Å². The van der Waals surface area contributed by atoms with Gasteiger partial charge in [-0.05, 0) is 43.5 Å². The summed E-state index contributed by atoms with van der Waals surface area (Å²) in [6, 6.07) is 9.91. The van der Waals surface area contributed by atoms with Gasteiger partial charge in [-0.15, -0.1) is 0 Å². The van der Waals surface area contributed by atoms with Crippen molar-refractivity contribution in [2.45, 2.75) is 39.2 Å². The van der Waals surface area contributed by atoms with Crippen LogP contribution in [0.2, 0.25) is 0 Å². The van der Waals surface area contributed by atoms with Gasteiger partial charge in [-0.3, -0.25) is 4.79 Å². The van der Waals surface area contributed by atoms with E-state index in [0.717, 1.165) is 41.1 Å². The summed E-state index contributed by atoms with van der Waals surface area (Å²) in [5.41, 5.74) is 2.09. The largest absolute Gasteiger partial charge is 0.469 e. The van der Waals surface area contributed by atoms with E-state index in [-0.39, 0.29) is 5.91 Å². The predicted octanol–water partition coefficient (Wildman–Crippen LogP) is 3.38. The van der Waals surface area contributed by atoms with Crippen LogP contribution >= 0.6 is 0 Å². The van der Waals surface area contributed by atoms with Crippen molar-refractivity contribution >= 4 is 22.6 Å². The number of benzene rings is 1. The zero-order chi connectivity index (χ0) is 18.6. The summed E-state index contributed by atoms with van der Waals surface area (Å²) in [4.78, 5) is 24.0. The first-order chi connectivity index (χ1) is 13.2. The molecule has 1 fully saturated rings. The molecule has 3 heterocycles. The van der Waals surface area contributed by atoms with Crippen LogP contribution in [0.15, 0.2) is 41.0 Å². The number of rotatable bonds is 6. The maximum atomic E-state index is 12.2. The van der Waals surface area contributed by atoms with Gasteiger partial charge in [0.25, 0.3) is 0 Å². The molecule has 140 valence electrons. The van der Waals surface area contributed by atoms with Crippen molar-refractivity contribution in [3.8, 4) is 0 Å². The maximum absolute atomic E-state index is 12.2. The Morgan fingerprint density at radius 3 is 2.81 bits per heavy atom. The van der Waals surface area contributed by atoms with Gasteiger partial charge in [0, 0.05) is 31.3 Å². The van der Waals surface area contributed by atoms with Crippen LogP contribution in [0.5, 0.6) is 0 Å². The highest BCUT2D eigenvalue weighted by Crippen LogP contribution is 2.28. The number of furan rings is 1. The first-order valence-corrected chi connectivity index (χ1v) is 9.51. The molecule has 0 aliphatic carbocycles. The molecule has 4 rings (SSSR count). The van der Waals surface area contributed by atoms with Crippen molar-refractivity contribution in [1.29, 1.82) is 0 Å². The molecule has 6 heteroatoms. The molecule has 0 spiro atoms. The molecule has 1 saturated heterocycles. The fourth-order valence-electron chi connectivity index (χ4n) is 3.53. The second-order valence-electron chi connectivity index (χ2n) is 6.98. The number of amides is 1. The lowest BCUT2D eigenvalue weighted by atomic mass is 10.1. The summed E-state index contributed by atoms with van der Waals surface area (Å²) in [6.45, 7) is 4.45. The highest BCUT2D eigenvalue weighted by Gasteiger charge is 2.19. The van der Waals surface area contributed by atoms with E-state index in [1.165, 1.54) is 12.8 Å². The molecule has 2 aromatic heterocycles. The van der Waals surface area contributed by atoms with Crippen LogP contribution in [-0.4, -0.2) is 29.0 Å². The minimum atomic E-state index is -0.0254. The second-order valence-corrected chi connectivity index (χ2v) is 6.98. The van der Waals surface area contributed by atoms with E-state index in [9.17, 15) is 4.79 Å². The van der Waals surface area contributed by atoms with E-state index in [4.69, 9.17) is 14.4 Å². The first-order valence-electron chi connectivity index (χ1n) is 9.51. The number of para-hydroxylation sites is 1. The number of anilines is 1. The van der Waals surface area contributed by atoms with Crippen LogP contribution in [0.4, 0.5) is 5.82 Å². The maximum Gasteiger partial charge on any atom is 0.220 e. The van der Waals surface area contributed by atoms with Gasteiger partial charge in [-0.1, -0.05) is 12.1 Å². The summed E-state index contributed by atoms with van der Waals surface area (Å²) in [5, 5.41) is 4.03. The lowest BCUT2D eigenvalue weighted by Crippen LogP contribution is -2.25. The zero-order valence-electron chi connectivity index (χ0n) is 15.6. The fraction of sp³-hybridized carbons (Fsp3) is 0.381. The molecule has 1 N–H and O–H groups in total. The first kappa shape index (κ1) is 17.5. The number of hydrogen-bond donors (Lipinski definition) is 1. The summed E-state index contributed by atoms with van der Waals surface area (Å²) in [7, 11) is 0. The quantitative estimate of drug-likeness (QED) is 0.726. The van der Waals surface area contributed by atoms with Crippen molar-refractivity contribution in [3.63, 3.8) is 0 Å². The zero-order valence-corrected chi connectivity index (χ0v) is 15.6. The topological polar surface area (TPSA) is 71.3 Å². The number of fused-ring (bicyclic) bond motifs is 1. The van der Waals surface area contributed by atoms with Crippen LogP contribution in [-0.2, 0) is 17.8 Å². The Hall–Kier alpha value is -2.89. The average Bonchev–Trinajstić information content (AvgIpc) is 3.38. The van der Waals surface area contributed by atoms with E-state index < -0.39 is 0 Å². The van der Waals surface area contributed by atoms with Crippen LogP contribution in [0.3, 0.4) is 0 Å². The van der Waals surface area contributed by atoms with Crippen molar-refractivity contribution < 1.29 is 9.21 Å². The molecule has 0 saturated carbocycles. The summed E-state index contributed by atoms with van der Waals surface area (Å²) < 4.78 is 5.27. The van der Waals surface area contributed by atoms with Gasteiger partial charge >= 0.3 is 0 Å². The monoisotopic (exact) mass is 364 g/mol. The van der Waals surface area contributed by atoms with Gasteiger partial charge < -0.3 is 14.6 Å². The van der Waals surface area contributed by atoms with Crippen molar-refractivity contribution in [2.24, 2.45) is 0 Å². The Morgan fingerprint density at radius 1 is 1.19 bits per heavy atom. The number of carbonyl (C=O) groups excluding carboxylic acids is 1. The van der Waals surface area contributed by atoms with Crippen LogP contribution in [0.1, 0.15) is 36.4 Å². The van der Waals surface area contributed by atoms with Gasteiger partial charge in [-0.2, -0.15) is 0 Å². The Bertz CT molecular complexity index is 931. The number of nitrogens with one attached hydrogen (secondary N) is 1. The van der Waals surface area contributed by atoms with E-state index in [0.29, 0.717) is 25.2 Å². The fourth-order valence-corrected chi connectivity index (χ4v) is 3.53. The standard InChI is InChI=1S/C21H24N4O2/c1-15-6-4-8-17-20(15)23-18(24-21(17)25-11-2-3-12-25)14-22-19(26)10-9-16-7-5-13-27-16/h4-8,13H,2-3,9-12,14H2,1H3,(H,22,26). The number of aryl methyl sites for hydroxylation is 2. The highest BCUT2D eigenvalue weighted by molar-refractivity contribution is 5.91. The molecule has 27 heavy (non-hydrogen) atoms. The van der Waals surface area contributed by atoms with E-state index in [1.807, 2.05) is 12.1 Å². The molecule has 1 amide bonds. The Morgan fingerprint density at radius 2 is 2.04 bits per heavy atom. The molecule has 0 bridgehead atoms.